The Morgan fingerprint density at radius 2 is 1.14 bits per heavy atom. The van der Waals surface area contributed by atoms with Crippen LogP contribution in [0.15, 0.2) is 0 Å². The molecule has 0 aliphatic carbocycles. The summed E-state index contributed by atoms with van der Waals surface area (Å²) in [5.41, 5.74) is 0. The van der Waals surface area contributed by atoms with Gasteiger partial charge in [-0.2, -0.15) is 0 Å². The van der Waals surface area contributed by atoms with Crippen molar-refractivity contribution in [3.63, 3.8) is 0 Å². The van der Waals surface area contributed by atoms with Gasteiger partial charge in [0.05, 0.1) is 11.9 Å². The Morgan fingerprint density at radius 1 is 1.00 bits per heavy atom. The van der Waals surface area contributed by atoms with Crippen molar-refractivity contribution in [2.45, 2.75) is 0 Å². The summed E-state index contributed by atoms with van der Waals surface area (Å²) in [5.74, 6) is -4.37. The summed E-state index contributed by atoms with van der Waals surface area (Å²) >= 11 is 0. The Balaban J connectivity index is 0. The lowest BCUT2D eigenvalue weighted by Gasteiger charge is -1.97. The molecule has 0 aromatic rings. The minimum absolute atomic E-state index is 0. The average Bonchev–Trinajstić information content (AvgIpc) is 1.36. The molecule has 0 atom stereocenters. The molecule has 0 saturated heterocycles. The lowest BCUT2D eigenvalue weighted by molar-refractivity contribution is -0.345. The molecule has 0 rings (SSSR count). The van der Waals surface area contributed by atoms with Crippen LogP contribution in [-0.2, 0) is 9.59 Å². The second-order valence-corrected chi connectivity index (χ2v) is 0.575. The van der Waals surface area contributed by atoms with E-state index in [-0.39, 0.29) is 5.48 Å². The fourth-order valence-electron chi connectivity index (χ4n) is 0. The standard InChI is InChI=1S/C2H2O4.H2O/c3-1(4)2(5)6;/h(H,3,4)(H,5,6);1H2/p-2. The van der Waals surface area contributed by atoms with Gasteiger partial charge in [0, 0.05) is 0 Å². The highest BCUT2D eigenvalue weighted by Gasteiger charge is 1.74. The number of carbonyl (C=O) groups is 2. The van der Waals surface area contributed by atoms with Crippen molar-refractivity contribution < 1.29 is 25.3 Å². The van der Waals surface area contributed by atoms with E-state index in [1.807, 2.05) is 0 Å². The molecule has 5 nitrogen and oxygen atoms in total. The summed E-state index contributed by atoms with van der Waals surface area (Å²) in [6.07, 6.45) is 0. The van der Waals surface area contributed by atoms with Crippen LogP contribution >= 0.6 is 0 Å². The van der Waals surface area contributed by atoms with Crippen LogP contribution in [0.25, 0.3) is 0 Å². The van der Waals surface area contributed by atoms with Crippen molar-refractivity contribution in [1.82, 2.24) is 0 Å². The lowest BCUT2D eigenvalue weighted by atomic mass is 10.7. The molecule has 0 amide bonds. The van der Waals surface area contributed by atoms with E-state index < -0.39 is 11.9 Å². The summed E-state index contributed by atoms with van der Waals surface area (Å²) in [7, 11) is 0. The Morgan fingerprint density at radius 3 is 1.14 bits per heavy atom. The molecule has 0 aromatic heterocycles. The zero-order chi connectivity index (χ0) is 5.15. The molecule has 5 heteroatoms. The van der Waals surface area contributed by atoms with Crippen LogP contribution in [-0.4, -0.2) is 17.4 Å². The van der Waals surface area contributed by atoms with Gasteiger partial charge in [-0.3, -0.25) is 0 Å². The summed E-state index contributed by atoms with van der Waals surface area (Å²) in [6, 6.07) is 0. The Labute approximate surface area is 38.5 Å². The SMILES string of the molecule is O.O=C([O-])C(=O)[O-]. The van der Waals surface area contributed by atoms with Crippen LogP contribution in [0, 0.1) is 0 Å². The van der Waals surface area contributed by atoms with Gasteiger partial charge >= 0.3 is 0 Å². The first-order valence-corrected chi connectivity index (χ1v) is 1.07. The van der Waals surface area contributed by atoms with Crippen molar-refractivity contribution in [2.24, 2.45) is 0 Å². The van der Waals surface area contributed by atoms with Crippen molar-refractivity contribution >= 4 is 11.9 Å². The maximum absolute atomic E-state index is 8.93. The van der Waals surface area contributed by atoms with Crippen molar-refractivity contribution in [3.8, 4) is 0 Å². The molecule has 42 valence electrons. The highest BCUT2D eigenvalue weighted by atomic mass is 16.4. The molecule has 0 saturated carbocycles. The summed E-state index contributed by atoms with van der Waals surface area (Å²) in [5, 5.41) is 17.9. The molecule has 0 aromatic carbocycles. The van der Waals surface area contributed by atoms with Gasteiger partial charge in [-0.1, -0.05) is 0 Å². The zero-order valence-electron chi connectivity index (χ0n) is 3.13. The van der Waals surface area contributed by atoms with Crippen LogP contribution in [0.3, 0.4) is 0 Å². The topological polar surface area (TPSA) is 112 Å². The normalized spacial score (nSPS) is 6.29. The van der Waals surface area contributed by atoms with Gasteiger partial charge in [0.1, 0.15) is 0 Å². The van der Waals surface area contributed by atoms with Gasteiger partial charge in [0.25, 0.3) is 0 Å². The highest BCUT2D eigenvalue weighted by molar-refractivity contribution is 6.25. The molecule has 0 fully saturated rings. The quantitative estimate of drug-likeness (QED) is 0.290. The molecule has 2 N–H and O–H groups in total. The second-order valence-electron chi connectivity index (χ2n) is 0.575. The van der Waals surface area contributed by atoms with Gasteiger partial charge in [-0.25, -0.2) is 0 Å². The van der Waals surface area contributed by atoms with E-state index in [2.05, 4.69) is 0 Å². The Kier molecular flexibility index (Phi) is 4.13. The van der Waals surface area contributed by atoms with Crippen LogP contribution in [0.5, 0.6) is 0 Å². The molecule has 0 aliphatic rings. The average molecular weight is 106 g/mol. The van der Waals surface area contributed by atoms with E-state index in [0.29, 0.717) is 0 Å². The number of rotatable bonds is 0. The predicted octanol–water partition coefficient (Wildman–Crippen LogP) is -4.34. The molecule has 0 bridgehead atoms. The molecule has 0 aliphatic heterocycles. The van der Waals surface area contributed by atoms with Crippen LogP contribution in [0.4, 0.5) is 0 Å². The Hall–Kier alpha value is -1.10. The summed E-state index contributed by atoms with van der Waals surface area (Å²) in [4.78, 5) is 17.9. The number of carboxylic acids is 2. The van der Waals surface area contributed by atoms with Gasteiger partial charge in [0.2, 0.25) is 0 Å². The number of carboxylic acid groups (broad SMARTS) is 2. The minimum Gasteiger partial charge on any atom is -0.543 e. The third kappa shape index (κ3) is 4.90. The molecule has 0 radical (unpaired) electrons. The first-order chi connectivity index (χ1) is 2.64. The highest BCUT2D eigenvalue weighted by Crippen LogP contribution is 1.41. The smallest absolute Gasteiger partial charge is 0.0870 e. The second kappa shape index (κ2) is 3.10. The van der Waals surface area contributed by atoms with Gasteiger partial charge in [-0.05, 0) is 0 Å². The number of hydrogen-bond donors (Lipinski definition) is 0. The summed E-state index contributed by atoms with van der Waals surface area (Å²) in [6.45, 7) is 0. The van der Waals surface area contributed by atoms with E-state index in [4.69, 9.17) is 19.8 Å². The van der Waals surface area contributed by atoms with Crippen LogP contribution < -0.4 is 10.2 Å². The van der Waals surface area contributed by atoms with Gasteiger partial charge < -0.3 is 25.3 Å². The number of hydrogen-bond acceptors (Lipinski definition) is 4. The van der Waals surface area contributed by atoms with Crippen molar-refractivity contribution in [1.29, 1.82) is 0 Å². The number of carbonyl (C=O) groups excluding carboxylic acids is 2. The van der Waals surface area contributed by atoms with E-state index in [9.17, 15) is 0 Å². The fraction of sp³-hybridized carbons (Fsp3) is 0. The molecular formula is C2H2O5-2. The minimum atomic E-state index is -2.19. The Bertz CT molecular complexity index is 72.1. The van der Waals surface area contributed by atoms with Crippen molar-refractivity contribution in [3.05, 3.63) is 0 Å². The largest absolute Gasteiger partial charge is 0.543 e. The number of aliphatic carboxylic acids is 2. The molecule has 7 heavy (non-hydrogen) atoms. The molecular weight excluding hydrogens is 104 g/mol. The van der Waals surface area contributed by atoms with E-state index in [0.717, 1.165) is 0 Å². The maximum Gasteiger partial charge on any atom is 0.0870 e. The third-order valence-electron chi connectivity index (χ3n) is 0.167. The molecule has 0 unspecified atom stereocenters. The summed E-state index contributed by atoms with van der Waals surface area (Å²) < 4.78 is 0. The predicted molar refractivity (Wildman–Crippen MR) is 13.6 cm³/mol. The third-order valence-corrected chi connectivity index (χ3v) is 0.167. The van der Waals surface area contributed by atoms with Crippen LogP contribution in [0.1, 0.15) is 0 Å². The van der Waals surface area contributed by atoms with E-state index in [1.165, 1.54) is 0 Å². The first kappa shape index (κ1) is 9.31. The zero-order valence-corrected chi connectivity index (χ0v) is 3.13. The van der Waals surface area contributed by atoms with E-state index in [1.54, 1.807) is 0 Å². The maximum atomic E-state index is 8.93. The van der Waals surface area contributed by atoms with Gasteiger partial charge in [-0.15, -0.1) is 0 Å². The first-order valence-electron chi connectivity index (χ1n) is 1.07. The molecule has 0 spiro atoms. The van der Waals surface area contributed by atoms with Crippen molar-refractivity contribution in [2.75, 3.05) is 0 Å². The fourth-order valence-corrected chi connectivity index (χ4v) is 0. The lowest BCUT2D eigenvalue weighted by Crippen LogP contribution is -2.42. The molecule has 0 heterocycles. The monoisotopic (exact) mass is 106 g/mol. The van der Waals surface area contributed by atoms with E-state index >= 15 is 0 Å². The van der Waals surface area contributed by atoms with Crippen LogP contribution in [0.2, 0.25) is 0 Å². The van der Waals surface area contributed by atoms with Gasteiger partial charge in [0.15, 0.2) is 0 Å².